The van der Waals surface area contributed by atoms with Gasteiger partial charge in [-0.3, -0.25) is 0 Å². The van der Waals surface area contributed by atoms with Gasteiger partial charge in [-0.15, -0.1) is 11.8 Å². The normalized spacial score (nSPS) is 11.6. The van der Waals surface area contributed by atoms with Crippen LogP contribution in [0.25, 0.3) is 16.6 Å². The number of aromatic nitrogens is 2. The standard InChI is InChI=1S/C23H17F3N2O3S/c24-23(25,26)16-4-6-17(7-5-16)28-21-3-1-2-15(20(21)12-27-28)14-32-19-10-8-18(9-11-19)31-13-22(29)30/h1-12H,13-14H2,(H,29,30). The number of thioether (sulfide) groups is 1. The molecule has 0 aliphatic rings. The molecule has 3 aromatic carbocycles. The van der Waals surface area contributed by atoms with Crippen molar-refractivity contribution in [1.82, 2.24) is 9.78 Å². The van der Waals surface area contributed by atoms with Crippen molar-refractivity contribution in [3.05, 3.63) is 84.1 Å². The predicted octanol–water partition coefficient (Wildman–Crippen LogP) is 5.80. The molecule has 0 aliphatic carbocycles. The van der Waals surface area contributed by atoms with E-state index < -0.39 is 24.3 Å². The van der Waals surface area contributed by atoms with Crippen molar-refractivity contribution in [3.8, 4) is 11.4 Å². The Morgan fingerprint density at radius 1 is 1.03 bits per heavy atom. The number of rotatable bonds is 7. The zero-order chi connectivity index (χ0) is 22.7. The van der Waals surface area contributed by atoms with E-state index in [4.69, 9.17) is 9.84 Å². The topological polar surface area (TPSA) is 64.3 Å². The van der Waals surface area contributed by atoms with Gasteiger partial charge in [0.2, 0.25) is 0 Å². The number of carbonyl (C=O) groups is 1. The Kier molecular flexibility index (Phi) is 6.09. The largest absolute Gasteiger partial charge is 0.482 e. The molecule has 164 valence electrons. The second kappa shape index (κ2) is 8.96. The van der Waals surface area contributed by atoms with Gasteiger partial charge in [-0.1, -0.05) is 12.1 Å². The molecule has 0 unspecified atom stereocenters. The number of nitrogens with zero attached hydrogens (tertiary/aromatic N) is 2. The second-order valence-electron chi connectivity index (χ2n) is 6.89. The minimum atomic E-state index is -4.38. The van der Waals surface area contributed by atoms with Crippen molar-refractivity contribution >= 4 is 28.6 Å². The van der Waals surface area contributed by atoms with Crippen molar-refractivity contribution in [2.24, 2.45) is 0 Å². The van der Waals surface area contributed by atoms with Crippen LogP contribution >= 0.6 is 11.8 Å². The lowest BCUT2D eigenvalue weighted by Crippen LogP contribution is -2.09. The van der Waals surface area contributed by atoms with Gasteiger partial charge in [0.25, 0.3) is 0 Å². The first-order valence-corrected chi connectivity index (χ1v) is 10.5. The fraction of sp³-hybridized carbons (Fsp3) is 0.130. The number of hydrogen-bond donors (Lipinski definition) is 1. The van der Waals surface area contributed by atoms with Crippen LogP contribution in [0.1, 0.15) is 11.1 Å². The Bertz CT molecular complexity index is 1240. The van der Waals surface area contributed by atoms with Crippen molar-refractivity contribution in [1.29, 1.82) is 0 Å². The van der Waals surface area contributed by atoms with Crippen LogP contribution in [-0.4, -0.2) is 27.5 Å². The van der Waals surface area contributed by atoms with Crippen LogP contribution < -0.4 is 4.74 Å². The van der Waals surface area contributed by atoms with Crippen LogP contribution in [0.5, 0.6) is 5.75 Å². The van der Waals surface area contributed by atoms with E-state index >= 15 is 0 Å². The molecule has 0 bridgehead atoms. The van der Waals surface area contributed by atoms with E-state index in [1.807, 2.05) is 30.3 Å². The minimum Gasteiger partial charge on any atom is -0.482 e. The highest BCUT2D eigenvalue weighted by Gasteiger charge is 2.30. The Morgan fingerprint density at radius 2 is 1.75 bits per heavy atom. The van der Waals surface area contributed by atoms with Crippen molar-refractivity contribution in [3.63, 3.8) is 0 Å². The third kappa shape index (κ3) is 4.88. The van der Waals surface area contributed by atoms with E-state index in [9.17, 15) is 18.0 Å². The zero-order valence-electron chi connectivity index (χ0n) is 16.5. The lowest BCUT2D eigenvalue weighted by atomic mass is 10.1. The fourth-order valence-electron chi connectivity index (χ4n) is 3.17. The number of hydrogen-bond acceptors (Lipinski definition) is 4. The minimum absolute atomic E-state index is 0.391. The number of halogens is 3. The number of alkyl halides is 3. The van der Waals surface area contributed by atoms with Crippen molar-refractivity contribution < 1.29 is 27.8 Å². The summed E-state index contributed by atoms with van der Waals surface area (Å²) >= 11 is 1.60. The average Bonchev–Trinajstić information content (AvgIpc) is 3.21. The Morgan fingerprint density at radius 3 is 2.41 bits per heavy atom. The van der Waals surface area contributed by atoms with Crippen molar-refractivity contribution in [2.45, 2.75) is 16.8 Å². The van der Waals surface area contributed by atoms with Gasteiger partial charge in [-0.05, 0) is 60.2 Å². The van der Waals surface area contributed by atoms with Crippen LogP contribution in [0, 0.1) is 0 Å². The quantitative estimate of drug-likeness (QED) is 0.355. The van der Waals surface area contributed by atoms with Gasteiger partial charge in [-0.2, -0.15) is 18.3 Å². The molecule has 0 spiro atoms. The molecule has 0 fully saturated rings. The molecule has 5 nitrogen and oxygen atoms in total. The van der Waals surface area contributed by atoms with Gasteiger partial charge < -0.3 is 9.84 Å². The number of ether oxygens (including phenoxy) is 1. The molecule has 1 heterocycles. The summed E-state index contributed by atoms with van der Waals surface area (Å²) in [6.45, 7) is -0.391. The molecule has 0 atom stereocenters. The highest BCUT2D eigenvalue weighted by molar-refractivity contribution is 7.98. The Hall–Kier alpha value is -3.46. The van der Waals surface area contributed by atoms with E-state index in [0.717, 1.165) is 33.5 Å². The van der Waals surface area contributed by atoms with E-state index in [2.05, 4.69) is 5.10 Å². The zero-order valence-corrected chi connectivity index (χ0v) is 17.4. The fourth-order valence-corrected chi connectivity index (χ4v) is 4.07. The van der Waals surface area contributed by atoms with Gasteiger partial charge in [0.15, 0.2) is 6.61 Å². The average molecular weight is 458 g/mol. The molecule has 0 aliphatic heterocycles. The summed E-state index contributed by atoms with van der Waals surface area (Å²) in [6, 6.07) is 17.8. The molecule has 4 aromatic rings. The summed E-state index contributed by atoms with van der Waals surface area (Å²) < 4.78 is 45.2. The van der Waals surface area contributed by atoms with Gasteiger partial charge in [0.1, 0.15) is 5.75 Å². The monoisotopic (exact) mass is 458 g/mol. The number of aliphatic carboxylic acids is 1. The number of carboxylic acids is 1. The first kappa shape index (κ1) is 21.8. The molecule has 0 radical (unpaired) electrons. The molecule has 0 saturated carbocycles. The molecule has 9 heteroatoms. The van der Waals surface area contributed by atoms with E-state index in [1.165, 1.54) is 12.1 Å². The molecule has 1 N–H and O–H groups in total. The maximum Gasteiger partial charge on any atom is 0.416 e. The summed E-state index contributed by atoms with van der Waals surface area (Å²) in [5.41, 5.74) is 1.70. The SMILES string of the molecule is O=C(O)COc1ccc(SCc2cccc3c2cnn3-c2ccc(C(F)(F)F)cc2)cc1. The van der Waals surface area contributed by atoms with Gasteiger partial charge in [-0.25, -0.2) is 9.48 Å². The van der Waals surface area contributed by atoms with Crippen LogP contribution in [0.15, 0.2) is 77.8 Å². The molecular weight excluding hydrogens is 441 g/mol. The van der Waals surface area contributed by atoms with Gasteiger partial charge in [0.05, 0.1) is 23.0 Å². The second-order valence-corrected chi connectivity index (χ2v) is 7.94. The number of benzene rings is 3. The van der Waals surface area contributed by atoms with Crippen LogP contribution in [-0.2, 0) is 16.7 Å². The summed E-state index contributed by atoms with van der Waals surface area (Å²) in [6.07, 6.45) is -2.67. The highest BCUT2D eigenvalue weighted by atomic mass is 32.2. The summed E-state index contributed by atoms with van der Waals surface area (Å²) in [5, 5.41) is 14.0. The maximum atomic E-state index is 12.8. The Labute approximate surface area is 185 Å². The van der Waals surface area contributed by atoms with Crippen molar-refractivity contribution in [2.75, 3.05) is 6.61 Å². The summed E-state index contributed by atoms with van der Waals surface area (Å²) in [7, 11) is 0. The third-order valence-corrected chi connectivity index (χ3v) is 5.78. The molecular formula is C23H17F3N2O3S. The lowest BCUT2D eigenvalue weighted by molar-refractivity contribution is -0.139. The molecule has 0 saturated heterocycles. The third-order valence-electron chi connectivity index (χ3n) is 4.72. The highest BCUT2D eigenvalue weighted by Crippen LogP contribution is 2.31. The van der Waals surface area contributed by atoms with Crippen LogP contribution in [0.4, 0.5) is 13.2 Å². The molecule has 1 aromatic heterocycles. The first-order chi connectivity index (χ1) is 15.3. The van der Waals surface area contributed by atoms with E-state index in [1.54, 1.807) is 34.8 Å². The predicted molar refractivity (Wildman–Crippen MR) is 115 cm³/mol. The summed E-state index contributed by atoms with van der Waals surface area (Å²) in [5.74, 6) is 0.107. The smallest absolute Gasteiger partial charge is 0.416 e. The van der Waals surface area contributed by atoms with Gasteiger partial charge in [0, 0.05) is 16.0 Å². The first-order valence-electron chi connectivity index (χ1n) is 9.52. The van der Waals surface area contributed by atoms with Crippen LogP contribution in [0.3, 0.4) is 0 Å². The van der Waals surface area contributed by atoms with Gasteiger partial charge >= 0.3 is 12.1 Å². The molecule has 4 rings (SSSR count). The van der Waals surface area contributed by atoms with E-state index in [0.29, 0.717) is 17.2 Å². The molecule has 32 heavy (non-hydrogen) atoms. The summed E-state index contributed by atoms with van der Waals surface area (Å²) in [4.78, 5) is 11.6. The van der Waals surface area contributed by atoms with E-state index in [-0.39, 0.29) is 0 Å². The Balaban J connectivity index is 1.50. The number of fused-ring (bicyclic) bond motifs is 1. The van der Waals surface area contributed by atoms with Crippen LogP contribution in [0.2, 0.25) is 0 Å². The lowest BCUT2D eigenvalue weighted by Gasteiger charge is -2.09. The number of carboxylic acid groups (broad SMARTS) is 1. The molecule has 0 amide bonds. The maximum absolute atomic E-state index is 12.8.